The Kier molecular flexibility index (Phi) is 6.80. The van der Waals surface area contributed by atoms with Crippen LogP contribution >= 0.6 is 11.3 Å². The molecule has 0 saturated carbocycles. The predicted octanol–water partition coefficient (Wildman–Crippen LogP) is 2.26. The largest absolute Gasteiger partial charge is 0.383 e. The van der Waals surface area contributed by atoms with Crippen LogP contribution < -0.4 is 10.0 Å². The average Bonchev–Trinajstić information content (AvgIpc) is 2.70. The summed E-state index contributed by atoms with van der Waals surface area (Å²) in [6.45, 7) is 9.50. The molecular formula is C14H26N2O3S2. The van der Waals surface area contributed by atoms with E-state index in [0.717, 1.165) is 22.7 Å². The third-order valence-corrected chi connectivity index (χ3v) is 5.86. The highest BCUT2D eigenvalue weighted by atomic mass is 32.2. The highest BCUT2D eigenvalue weighted by Gasteiger charge is 2.28. The van der Waals surface area contributed by atoms with E-state index in [4.69, 9.17) is 4.74 Å². The summed E-state index contributed by atoms with van der Waals surface area (Å²) in [6, 6.07) is 1.76. The van der Waals surface area contributed by atoms with Gasteiger partial charge in [0.2, 0.25) is 10.0 Å². The molecule has 0 aliphatic carbocycles. The minimum Gasteiger partial charge on any atom is -0.383 e. The van der Waals surface area contributed by atoms with Gasteiger partial charge in [-0.3, -0.25) is 0 Å². The highest BCUT2D eigenvalue weighted by molar-refractivity contribution is 7.89. The Morgan fingerprint density at radius 1 is 1.38 bits per heavy atom. The van der Waals surface area contributed by atoms with Gasteiger partial charge in [0.1, 0.15) is 0 Å². The van der Waals surface area contributed by atoms with Crippen molar-refractivity contribution >= 4 is 21.4 Å². The van der Waals surface area contributed by atoms with E-state index in [2.05, 4.69) is 17.0 Å². The Morgan fingerprint density at radius 3 is 2.62 bits per heavy atom. The van der Waals surface area contributed by atoms with Gasteiger partial charge in [-0.15, -0.1) is 11.3 Å². The quantitative estimate of drug-likeness (QED) is 0.680. The summed E-state index contributed by atoms with van der Waals surface area (Å²) in [5, 5.41) is 3.29. The lowest BCUT2D eigenvalue weighted by atomic mass is 10.1. The van der Waals surface area contributed by atoms with E-state index < -0.39 is 15.6 Å². The average molecular weight is 335 g/mol. The van der Waals surface area contributed by atoms with Crippen LogP contribution in [0, 0.1) is 6.92 Å². The second-order valence-corrected chi connectivity index (χ2v) is 8.72. The fourth-order valence-electron chi connectivity index (χ4n) is 2.08. The Morgan fingerprint density at radius 2 is 2.05 bits per heavy atom. The number of thiophene rings is 1. The summed E-state index contributed by atoms with van der Waals surface area (Å²) in [6.07, 6.45) is 1.06. The minimum absolute atomic E-state index is 0.320. The molecule has 0 aromatic carbocycles. The van der Waals surface area contributed by atoms with Gasteiger partial charge >= 0.3 is 0 Å². The van der Waals surface area contributed by atoms with Crippen LogP contribution in [0.3, 0.4) is 0 Å². The minimum atomic E-state index is -3.53. The first kappa shape index (κ1) is 18.6. The van der Waals surface area contributed by atoms with Gasteiger partial charge in [-0.05, 0) is 39.8 Å². The molecular weight excluding hydrogens is 308 g/mol. The van der Waals surface area contributed by atoms with Crippen LogP contribution in [-0.2, 0) is 21.3 Å². The van der Waals surface area contributed by atoms with Crippen LogP contribution in [0.25, 0.3) is 0 Å². The molecule has 0 bridgehead atoms. The van der Waals surface area contributed by atoms with Gasteiger partial charge < -0.3 is 10.1 Å². The monoisotopic (exact) mass is 334 g/mol. The molecule has 0 saturated heterocycles. The van der Waals surface area contributed by atoms with E-state index in [-0.39, 0.29) is 0 Å². The van der Waals surface area contributed by atoms with Crippen molar-refractivity contribution in [1.29, 1.82) is 0 Å². The number of aryl methyl sites for hydroxylation is 1. The molecule has 1 aromatic rings. The number of hydrogen-bond acceptors (Lipinski definition) is 5. The molecule has 122 valence electrons. The molecule has 1 heterocycles. The van der Waals surface area contributed by atoms with Crippen LogP contribution in [0.4, 0.5) is 0 Å². The Hall–Kier alpha value is -0.470. The Balaban J connectivity index is 2.88. The van der Waals surface area contributed by atoms with E-state index in [1.807, 2.05) is 6.92 Å². The SMILES string of the molecule is CCCNCc1cc(S(=O)(=O)NC(C)(C)COC)c(C)s1. The van der Waals surface area contributed by atoms with Crippen molar-refractivity contribution in [3.63, 3.8) is 0 Å². The molecule has 21 heavy (non-hydrogen) atoms. The highest BCUT2D eigenvalue weighted by Crippen LogP contribution is 2.26. The Labute approximate surface area is 132 Å². The molecule has 2 N–H and O–H groups in total. The number of rotatable bonds is 9. The van der Waals surface area contributed by atoms with E-state index >= 15 is 0 Å². The summed E-state index contributed by atoms with van der Waals surface area (Å²) in [4.78, 5) is 2.21. The maximum absolute atomic E-state index is 12.5. The zero-order valence-electron chi connectivity index (χ0n) is 13.4. The maximum Gasteiger partial charge on any atom is 0.242 e. The molecule has 1 rings (SSSR count). The molecule has 0 aliphatic rings. The Bertz CT molecular complexity index is 551. The van der Waals surface area contributed by atoms with Gasteiger partial charge in [0.25, 0.3) is 0 Å². The zero-order chi connectivity index (χ0) is 16.1. The van der Waals surface area contributed by atoms with Gasteiger partial charge in [-0.2, -0.15) is 0 Å². The molecule has 0 fully saturated rings. The van der Waals surface area contributed by atoms with E-state index in [0.29, 0.717) is 18.0 Å². The number of hydrogen-bond donors (Lipinski definition) is 2. The summed E-state index contributed by atoms with van der Waals surface area (Å²) < 4.78 is 32.8. The fraction of sp³-hybridized carbons (Fsp3) is 0.714. The lowest BCUT2D eigenvalue weighted by molar-refractivity contribution is 0.141. The van der Waals surface area contributed by atoms with Gasteiger partial charge in [0.05, 0.1) is 17.0 Å². The molecule has 0 amide bonds. The summed E-state index contributed by atoms with van der Waals surface area (Å²) in [5.74, 6) is 0. The lowest BCUT2D eigenvalue weighted by Crippen LogP contribution is -2.46. The van der Waals surface area contributed by atoms with Crippen LogP contribution in [0.2, 0.25) is 0 Å². The topological polar surface area (TPSA) is 67.4 Å². The number of sulfonamides is 1. The van der Waals surface area contributed by atoms with Gasteiger partial charge in [-0.1, -0.05) is 6.92 Å². The third-order valence-electron chi connectivity index (χ3n) is 2.85. The molecule has 0 aliphatic heterocycles. The first-order chi connectivity index (χ1) is 9.72. The third kappa shape index (κ3) is 5.67. The maximum atomic E-state index is 12.5. The molecule has 7 heteroatoms. The fourth-order valence-corrected chi connectivity index (χ4v) is 5.08. The van der Waals surface area contributed by atoms with Gasteiger partial charge in [-0.25, -0.2) is 13.1 Å². The van der Waals surface area contributed by atoms with Crippen LogP contribution in [0.1, 0.15) is 36.9 Å². The van der Waals surface area contributed by atoms with Crippen LogP contribution in [0.5, 0.6) is 0 Å². The number of ether oxygens (including phenoxy) is 1. The van der Waals surface area contributed by atoms with Crippen LogP contribution in [-0.4, -0.2) is 34.2 Å². The second kappa shape index (κ2) is 7.69. The smallest absolute Gasteiger partial charge is 0.242 e. The first-order valence-electron chi connectivity index (χ1n) is 7.05. The molecule has 0 spiro atoms. The molecule has 1 aromatic heterocycles. The number of nitrogens with one attached hydrogen (secondary N) is 2. The van der Waals surface area contributed by atoms with Crippen molar-refractivity contribution in [3.8, 4) is 0 Å². The van der Waals surface area contributed by atoms with Gasteiger partial charge in [0.15, 0.2) is 0 Å². The first-order valence-corrected chi connectivity index (χ1v) is 9.35. The standard InChI is InChI=1S/C14H26N2O3S2/c1-6-7-15-9-12-8-13(11(2)20-12)21(17,18)16-14(3,4)10-19-5/h8,15-16H,6-7,9-10H2,1-5H3. The van der Waals surface area contributed by atoms with Crippen LogP contribution in [0.15, 0.2) is 11.0 Å². The summed E-state index contributed by atoms with van der Waals surface area (Å²) in [7, 11) is -1.97. The van der Waals surface area contributed by atoms with Crippen molar-refractivity contribution < 1.29 is 13.2 Å². The van der Waals surface area contributed by atoms with E-state index in [1.54, 1.807) is 27.0 Å². The summed E-state index contributed by atoms with van der Waals surface area (Å²) >= 11 is 1.52. The van der Waals surface area contributed by atoms with Gasteiger partial charge in [0, 0.05) is 23.4 Å². The van der Waals surface area contributed by atoms with E-state index in [1.165, 1.54) is 11.3 Å². The van der Waals surface area contributed by atoms with Crippen molar-refractivity contribution in [2.24, 2.45) is 0 Å². The molecule has 0 unspecified atom stereocenters. The molecule has 5 nitrogen and oxygen atoms in total. The number of methoxy groups -OCH3 is 1. The predicted molar refractivity (Wildman–Crippen MR) is 87.3 cm³/mol. The summed E-state index contributed by atoms with van der Waals surface area (Å²) in [5.41, 5.74) is -0.636. The van der Waals surface area contributed by atoms with Crippen molar-refractivity contribution in [2.45, 2.75) is 51.1 Å². The zero-order valence-corrected chi connectivity index (χ0v) is 15.1. The van der Waals surface area contributed by atoms with Crippen molar-refractivity contribution in [3.05, 3.63) is 15.8 Å². The lowest BCUT2D eigenvalue weighted by Gasteiger charge is -2.24. The normalized spacial score (nSPS) is 12.8. The molecule has 0 radical (unpaired) electrons. The molecule has 0 atom stereocenters. The second-order valence-electron chi connectivity index (χ2n) is 5.73. The van der Waals surface area contributed by atoms with Crippen molar-refractivity contribution in [1.82, 2.24) is 10.0 Å². The van der Waals surface area contributed by atoms with Crippen molar-refractivity contribution in [2.75, 3.05) is 20.3 Å². The van der Waals surface area contributed by atoms with E-state index in [9.17, 15) is 8.42 Å².